The Kier molecular flexibility index (Phi) is 4.98. The van der Waals surface area contributed by atoms with Crippen molar-refractivity contribution in [2.24, 2.45) is 0 Å². The molecule has 1 aromatic rings. The average molecular weight is 291 g/mol. The molecule has 0 saturated carbocycles. The van der Waals surface area contributed by atoms with Gasteiger partial charge in [0.1, 0.15) is 17.5 Å². The fourth-order valence-electron chi connectivity index (χ4n) is 2.17. The molecule has 0 radical (unpaired) electrons. The molecule has 6 nitrogen and oxygen atoms in total. The highest BCUT2D eigenvalue weighted by atomic mass is 16.2. The topological polar surface area (TPSA) is 61.4 Å². The van der Waals surface area contributed by atoms with E-state index < -0.39 is 0 Å². The van der Waals surface area contributed by atoms with Gasteiger partial charge in [0, 0.05) is 38.7 Å². The van der Waals surface area contributed by atoms with Gasteiger partial charge in [-0.1, -0.05) is 20.8 Å². The fourth-order valence-corrected chi connectivity index (χ4v) is 2.17. The first kappa shape index (κ1) is 15.5. The van der Waals surface area contributed by atoms with Crippen molar-refractivity contribution in [1.29, 1.82) is 0 Å². The number of piperazine rings is 1. The summed E-state index contributed by atoms with van der Waals surface area (Å²) in [6, 6.07) is 1.94. The first-order valence-corrected chi connectivity index (χ1v) is 7.63. The van der Waals surface area contributed by atoms with E-state index in [1.54, 1.807) is 4.90 Å². The van der Waals surface area contributed by atoms with E-state index in [4.69, 9.17) is 0 Å². The molecule has 6 heteroatoms. The normalized spacial score (nSPS) is 15.8. The zero-order chi connectivity index (χ0) is 15.4. The molecule has 0 bridgehead atoms. The molecule has 0 spiro atoms. The van der Waals surface area contributed by atoms with E-state index in [1.165, 1.54) is 0 Å². The van der Waals surface area contributed by atoms with Gasteiger partial charge in [0.05, 0.1) is 6.54 Å². The summed E-state index contributed by atoms with van der Waals surface area (Å²) in [5.41, 5.74) is 0. The van der Waals surface area contributed by atoms with Crippen molar-refractivity contribution in [1.82, 2.24) is 14.9 Å². The summed E-state index contributed by atoms with van der Waals surface area (Å²) in [6.45, 7) is 9.10. The highest BCUT2D eigenvalue weighted by Gasteiger charge is 2.23. The Balaban J connectivity index is 2.24. The second kappa shape index (κ2) is 6.74. The molecule has 1 aliphatic rings. The van der Waals surface area contributed by atoms with Gasteiger partial charge < -0.3 is 15.1 Å². The van der Waals surface area contributed by atoms with Crippen LogP contribution in [-0.4, -0.2) is 54.0 Å². The highest BCUT2D eigenvalue weighted by molar-refractivity contribution is 5.82. The molecule has 1 aromatic heterocycles. The van der Waals surface area contributed by atoms with Crippen molar-refractivity contribution in [2.45, 2.75) is 33.1 Å². The summed E-state index contributed by atoms with van der Waals surface area (Å²) in [6.07, 6.45) is 1.04. The van der Waals surface area contributed by atoms with Gasteiger partial charge in [-0.05, 0) is 6.42 Å². The molecule has 0 atom stereocenters. The predicted octanol–water partition coefficient (Wildman–Crippen LogP) is 1.70. The Bertz CT molecular complexity index is 503. The molecule has 1 N–H and O–H groups in total. The minimum absolute atomic E-state index is 0.133. The van der Waals surface area contributed by atoms with Crippen LogP contribution in [0.1, 0.15) is 38.9 Å². The van der Waals surface area contributed by atoms with Crippen molar-refractivity contribution in [3.63, 3.8) is 0 Å². The number of carbonyl (C=O) groups is 1. The van der Waals surface area contributed by atoms with Gasteiger partial charge in [0.15, 0.2) is 0 Å². The molecule has 1 amide bonds. The first-order valence-electron chi connectivity index (χ1n) is 7.63. The zero-order valence-corrected chi connectivity index (χ0v) is 13.4. The molecular weight excluding hydrogens is 266 g/mol. The van der Waals surface area contributed by atoms with Crippen LogP contribution in [0, 0.1) is 0 Å². The van der Waals surface area contributed by atoms with Gasteiger partial charge >= 0.3 is 0 Å². The Morgan fingerprint density at radius 1 is 1.33 bits per heavy atom. The largest absolute Gasteiger partial charge is 0.370 e. The summed E-state index contributed by atoms with van der Waals surface area (Å²) in [5.74, 6) is 2.90. The molecule has 1 fully saturated rings. The molecule has 2 heterocycles. The first-order chi connectivity index (χ1) is 10.0. The van der Waals surface area contributed by atoms with Crippen LogP contribution in [-0.2, 0) is 4.79 Å². The van der Waals surface area contributed by atoms with Crippen molar-refractivity contribution in [2.75, 3.05) is 43.4 Å². The van der Waals surface area contributed by atoms with Crippen molar-refractivity contribution in [3.8, 4) is 0 Å². The van der Waals surface area contributed by atoms with E-state index in [0.717, 1.165) is 43.5 Å². The molecular formula is C15H25N5O. The Morgan fingerprint density at radius 2 is 2.10 bits per heavy atom. The molecule has 21 heavy (non-hydrogen) atoms. The van der Waals surface area contributed by atoms with E-state index in [-0.39, 0.29) is 11.8 Å². The number of rotatable bonds is 5. The number of nitrogens with one attached hydrogen (secondary N) is 1. The van der Waals surface area contributed by atoms with Crippen molar-refractivity contribution in [3.05, 3.63) is 11.9 Å². The highest BCUT2D eigenvalue weighted by Crippen LogP contribution is 2.21. The second-order valence-electron chi connectivity index (χ2n) is 5.79. The van der Waals surface area contributed by atoms with Crippen molar-refractivity contribution < 1.29 is 4.79 Å². The third kappa shape index (κ3) is 3.83. The number of amides is 1. The van der Waals surface area contributed by atoms with E-state index in [0.29, 0.717) is 6.54 Å². The van der Waals surface area contributed by atoms with E-state index in [9.17, 15) is 4.79 Å². The van der Waals surface area contributed by atoms with Gasteiger partial charge in [-0.25, -0.2) is 9.97 Å². The van der Waals surface area contributed by atoms with Gasteiger partial charge in [0.25, 0.3) is 0 Å². The summed E-state index contributed by atoms with van der Waals surface area (Å²) in [7, 11) is 1.84. The Morgan fingerprint density at radius 3 is 2.71 bits per heavy atom. The van der Waals surface area contributed by atoms with Gasteiger partial charge in [0.2, 0.25) is 5.91 Å². The van der Waals surface area contributed by atoms with Crippen LogP contribution in [0.4, 0.5) is 11.6 Å². The lowest BCUT2D eigenvalue weighted by atomic mass is 10.2. The lowest BCUT2D eigenvalue weighted by molar-refractivity contribution is -0.129. The van der Waals surface area contributed by atoms with Gasteiger partial charge in [-0.2, -0.15) is 0 Å². The number of hydrogen-bond acceptors (Lipinski definition) is 5. The zero-order valence-electron chi connectivity index (χ0n) is 13.4. The maximum absolute atomic E-state index is 11.9. The summed E-state index contributed by atoms with van der Waals surface area (Å²) < 4.78 is 0. The summed E-state index contributed by atoms with van der Waals surface area (Å²) in [4.78, 5) is 24.9. The van der Waals surface area contributed by atoms with E-state index in [1.807, 2.05) is 18.0 Å². The molecule has 116 valence electrons. The smallest absolute Gasteiger partial charge is 0.241 e. The SMILES string of the molecule is CCCNc1cc(N2CCN(C)C(=O)C2)nc(C(C)C)n1. The third-order valence-electron chi connectivity index (χ3n) is 3.58. The van der Waals surface area contributed by atoms with Crippen molar-refractivity contribution >= 4 is 17.5 Å². The standard InChI is InChI=1S/C15H25N5O/c1-5-6-16-12-9-13(18-15(17-12)11(2)3)20-8-7-19(4)14(21)10-20/h9,11H,5-8,10H2,1-4H3,(H,16,17,18). The quantitative estimate of drug-likeness (QED) is 0.894. The summed E-state index contributed by atoms with van der Waals surface area (Å²) in [5, 5.41) is 3.32. The number of aromatic nitrogens is 2. The van der Waals surface area contributed by atoms with Gasteiger partial charge in [-0.15, -0.1) is 0 Å². The Labute approximate surface area is 126 Å². The second-order valence-corrected chi connectivity index (χ2v) is 5.79. The number of carbonyl (C=O) groups excluding carboxylic acids is 1. The number of hydrogen-bond donors (Lipinski definition) is 1. The van der Waals surface area contributed by atoms with Crippen LogP contribution >= 0.6 is 0 Å². The van der Waals surface area contributed by atoms with Gasteiger partial charge in [-0.3, -0.25) is 4.79 Å². The minimum atomic E-state index is 0.133. The lowest BCUT2D eigenvalue weighted by Gasteiger charge is -2.33. The fraction of sp³-hybridized carbons (Fsp3) is 0.667. The van der Waals surface area contributed by atoms with Crippen LogP contribution in [0.25, 0.3) is 0 Å². The number of likely N-dealkylation sites (N-methyl/N-ethyl adjacent to an activating group) is 1. The predicted molar refractivity (Wildman–Crippen MR) is 84.8 cm³/mol. The molecule has 1 saturated heterocycles. The lowest BCUT2D eigenvalue weighted by Crippen LogP contribution is -2.49. The molecule has 1 aliphatic heterocycles. The maximum atomic E-state index is 11.9. The molecule has 0 aromatic carbocycles. The van der Waals surface area contributed by atoms with Crippen LogP contribution < -0.4 is 10.2 Å². The number of anilines is 2. The van der Waals surface area contributed by atoms with Crippen LogP contribution in [0.5, 0.6) is 0 Å². The average Bonchev–Trinajstić information content (AvgIpc) is 2.47. The van der Waals surface area contributed by atoms with Crippen LogP contribution in [0.2, 0.25) is 0 Å². The third-order valence-corrected chi connectivity index (χ3v) is 3.58. The maximum Gasteiger partial charge on any atom is 0.241 e. The Hall–Kier alpha value is -1.85. The molecule has 0 unspecified atom stereocenters. The van der Waals surface area contributed by atoms with Crippen LogP contribution in [0.3, 0.4) is 0 Å². The molecule has 2 rings (SSSR count). The minimum Gasteiger partial charge on any atom is -0.370 e. The van der Waals surface area contributed by atoms with E-state index >= 15 is 0 Å². The van der Waals surface area contributed by atoms with Crippen LogP contribution in [0.15, 0.2) is 6.07 Å². The van der Waals surface area contributed by atoms with E-state index in [2.05, 4.69) is 36.1 Å². The monoisotopic (exact) mass is 291 g/mol. The molecule has 0 aliphatic carbocycles. The summed E-state index contributed by atoms with van der Waals surface area (Å²) >= 11 is 0. The number of nitrogens with zero attached hydrogens (tertiary/aromatic N) is 4.